The van der Waals surface area contributed by atoms with Gasteiger partial charge in [-0.2, -0.15) is 0 Å². The van der Waals surface area contributed by atoms with E-state index in [9.17, 15) is 9.59 Å². The number of aromatic nitrogens is 1. The number of amides is 2. The normalized spacial score (nSPS) is 15.7. The Morgan fingerprint density at radius 3 is 2.58 bits per heavy atom. The molecule has 2 amide bonds. The molecule has 0 saturated heterocycles. The molecular weight excluding hydrogens is 388 g/mol. The number of H-pyrrole nitrogens is 1. The third-order valence-electron chi connectivity index (χ3n) is 6.23. The zero-order valence-electron chi connectivity index (χ0n) is 18.4. The minimum atomic E-state index is -0.284. The van der Waals surface area contributed by atoms with Crippen molar-refractivity contribution in [3.8, 4) is 0 Å². The Kier molecular flexibility index (Phi) is 6.09. The van der Waals surface area contributed by atoms with E-state index in [0.717, 1.165) is 47.4 Å². The summed E-state index contributed by atoms with van der Waals surface area (Å²) in [5, 5.41) is 4.08. The minimum absolute atomic E-state index is 0.0371. The van der Waals surface area contributed by atoms with Crippen LogP contribution in [0.4, 0.5) is 0 Å². The molecular formula is C25H30N4O2. The molecule has 6 heteroatoms. The van der Waals surface area contributed by atoms with Crippen molar-refractivity contribution in [2.24, 2.45) is 0 Å². The maximum atomic E-state index is 13.3. The van der Waals surface area contributed by atoms with Gasteiger partial charge in [0.25, 0.3) is 5.91 Å². The summed E-state index contributed by atoms with van der Waals surface area (Å²) in [6, 6.07) is 15.5. The summed E-state index contributed by atoms with van der Waals surface area (Å²) < 4.78 is 0. The highest BCUT2D eigenvalue weighted by Gasteiger charge is 2.40. The SMILES string of the molecule is CCN(CC)CCNC(=O)CN1C(=O)c2ccccc2[C@@H]1c1c(C)[nH]c2ccccc12. The molecule has 1 atom stereocenters. The number of carbonyl (C=O) groups excluding carboxylic acids is 2. The van der Waals surface area contributed by atoms with E-state index in [1.54, 1.807) is 4.90 Å². The van der Waals surface area contributed by atoms with Gasteiger partial charge in [-0.25, -0.2) is 0 Å². The first-order valence-corrected chi connectivity index (χ1v) is 11.0. The van der Waals surface area contributed by atoms with E-state index in [4.69, 9.17) is 0 Å². The Bertz CT molecular complexity index is 1100. The van der Waals surface area contributed by atoms with E-state index in [0.29, 0.717) is 12.1 Å². The van der Waals surface area contributed by atoms with Crippen LogP contribution in [-0.2, 0) is 4.79 Å². The van der Waals surface area contributed by atoms with Gasteiger partial charge in [0.1, 0.15) is 6.54 Å². The molecule has 4 rings (SSSR count). The molecule has 0 fully saturated rings. The molecule has 0 saturated carbocycles. The summed E-state index contributed by atoms with van der Waals surface area (Å²) in [7, 11) is 0. The number of nitrogens with one attached hydrogen (secondary N) is 2. The van der Waals surface area contributed by atoms with Crippen molar-refractivity contribution in [2.75, 3.05) is 32.7 Å². The molecule has 6 nitrogen and oxygen atoms in total. The highest BCUT2D eigenvalue weighted by molar-refractivity contribution is 6.02. The molecule has 0 radical (unpaired) electrons. The van der Waals surface area contributed by atoms with E-state index >= 15 is 0 Å². The monoisotopic (exact) mass is 418 g/mol. The highest BCUT2D eigenvalue weighted by atomic mass is 16.2. The van der Waals surface area contributed by atoms with Crippen LogP contribution in [-0.4, -0.2) is 59.3 Å². The number of hydrogen-bond donors (Lipinski definition) is 2. The number of aryl methyl sites for hydroxylation is 1. The van der Waals surface area contributed by atoms with Gasteiger partial charge in [-0.3, -0.25) is 9.59 Å². The number of nitrogens with zero attached hydrogens (tertiary/aromatic N) is 2. The van der Waals surface area contributed by atoms with Crippen molar-refractivity contribution in [2.45, 2.75) is 26.8 Å². The Morgan fingerprint density at radius 2 is 1.81 bits per heavy atom. The van der Waals surface area contributed by atoms with Gasteiger partial charge >= 0.3 is 0 Å². The summed E-state index contributed by atoms with van der Waals surface area (Å²) in [6.07, 6.45) is 0. The molecule has 3 aromatic rings. The molecule has 2 N–H and O–H groups in total. The van der Waals surface area contributed by atoms with Gasteiger partial charge in [0, 0.05) is 40.8 Å². The largest absolute Gasteiger partial charge is 0.358 e. The van der Waals surface area contributed by atoms with Crippen LogP contribution < -0.4 is 5.32 Å². The fourth-order valence-electron chi connectivity index (χ4n) is 4.60. The average molecular weight is 419 g/mol. The molecule has 2 heterocycles. The van der Waals surface area contributed by atoms with Crippen LogP contribution in [0.5, 0.6) is 0 Å². The topological polar surface area (TPSA) is 68.4 Å². The van der Waals surface area contributed by atoms with Crippen molar-refractivity contribution in [1.29, 1.82) is 0 Å². The van der Waals surface area contributed by atoms with Crippen molar-refractivity contribution in [1.82, 2.24) is 20.1 Å². The van der Waals surface area contributed by atoms with Gasteiger partial charge < -0.3 is 20.1 Å². The number of aromatic amines is 1. The Labute approximate surface area is 183 Å². The summed E-state index contributed by atoms with van der Waals surface area (Å²) in [4.78, 5) is 33.5. The van der Waals surface area contributed by atoms with Gasteiger partial charge in [-0.1, -0.05) is 50.2 Å². The Morgan fingerprint density at radius 1 is 1.10 bits per heavy atom. The molecule has 2 aromatic carbocycles. The minimum Gasteiger partial charge on any atom is -0.358 e. The van der Waals surface area contributed by atoms with Crippen LogP contribution in [0.3, 0.4) is 0 Å². The number of carbonyl (C=O) groups is 2. The van der Waals surface area contributed by atoms with Crippen LogP contribution in [0.2, 0.25) is 0 Å². The lowest BCUT2D eigenvalue weighted by Gasteiger charge is -2.26. The number of benzene rings is 2. The molecule has 1 aliphatic heterocycles. The number of rotatable bonds is 8. The number of likely N-dealkylation sites (N-methyl/N-ethyl adjacent to an activating group) is 1. The van der Waals surface area contributed by atoms with Crippen LogP contribution in [0.1, 0.15) is 47.1 Å². The van der Waals surface area contributed by atoms with Gasteiger partial charge in [-0.15, -0.1) is 0 Å². The second kappa shape index (κ2) is 8.94. The molecule has 0 aliphatic carbocycles. The van der Waals surface area contributed by atoms with Crippen molar-refractivity contribution in [3.05, 3.63) is 70.9 Å². The molecule has 162 valence electrons. The number of fused-ring (bicyclic) bond motifs is 2. The third kappa shape index (κ3) is 3.95. The molecule has 31 heavy (non-hydrogen) atoms. The number of hydrogen-bond acceptors (Lipinski definition) is 3. The zero-order valence-corrected chi connectivity index (χ0v) is 18.4. The number of para-hydroxylation sites is 1. The summed E-state index contributed by atoms with van der Waals surface area (Å²) in [5.41, 5.74) is 4.74. The first kappa shape index (κ1) is 21.1. The second-order valence-corrected chi connectivity index (χ2v) is 8.01. The van der Waals surface area contributed by atoms with Gasteiger partial charge in [0.05, 0.1) is 6.04 Å². The zero-order chi connectivity index (χ0) is 22.0. The summed E-state index contributed by atoms with van der Waals surface area (Å²) in [5.74, 6) is -0.222. The van der Waals surface area contributed by atoms with E-state index in [1.165, 1.54) is 0 Å². The van der Waals surface area contributed by atoms with Crippen molar-refractivity contribution < 1.29 is 9.59 Å². The van der Waals surface area contributed by atoms with E-state index in [1.807, 2.05) is 49.4 Å². The lowest BCUT2D eigenvalue weighted by molar-refractivity contribution is -0.122. The van der Waals surface area contributed by atoms with E-state index in [2.05, 4.69) is 35.1 Å². The predicted octanol–water partition coefficient (Wildman–Crippen LogP) is 3.48. The average Bonchev–Trinajstić information content (AvgIpc) is 3.24. The van der Waals surface area contributed by atoms with Crippen LogP contribution in [0.15, 0.2) is 48.5 Å². The summed E-state index contributed by atoms with van der Waals surface area (Å²) in [6.45, 7) is 9.57. The lowest BCUT2D eigenvalue weighted by atomic mass is 9.95. The Balaban J connectivity index is 1.63. The predicted molar refractivity (Wildman–Crippen MR) is 123 cm³/mol. The third-order valence-corrected chi connectivity index (χ3v) is 6.23. The fourth-order valence-corrected chi connectivity index (χ4v) is 4.60. The Hall–Kier alpha value is -3.12. The molecule has 0 bridgehead atoms. The smallest absolute Gasteiger partial charge is 0.255 e. The van der Waals surface area contributed by atoms with Crippen molar-refractivity contribution >= 4 is 22.7 Å². The maximum Gasteiger partial charge on any atom is 0.255 e. The van der Waals surface area contributed by atoms with Crippen molar-refractivity contribution in [3.63, 3.8) is 0 Å². The quantitative estimate of drug-likeness (QED) is 0.589. The molecule has 1 aromatic heterocycles. The van der Waals surface area contributed by atoms with Crippen LogP contribution >= 0.6 is 0 Å². The fraction of sp³-hybridized carbons (Fsp3) is 0.360. The summed E-state index contributed by atoms with van der Waals surface area (Å²) >= 11 is 0. The molecule has 0 unspecified atom stereocenters. The standard InChI is InChI=1S/C25H30N4O2/c1-4-28(5-2)15-14-26-22(30)16-29-24(18-10-6-7-11-19(18)25(29)31)23-17(3)27-21-13-9-8-12-20(21)23/h6-13,24,27H,4-5,14-16H2,1-3H3,(H,26,30)/t24-/m1/s1. The molecule has 1 aliphatic rings. The first-order valence-electron chi connectivity index (χ1n) is 11.0. The van der Waals surface area contributed by atoms with E-state index in [-0.39, 0.29) is 24.4 Å². The van der Waals surface area contributed by atoms with Crippen LogP contribution in [0, 0.1) is 6.92 Å². The van der Waals surface area contributed by atoms with Gasteiger partial charge in [-0.05, 0) is 37.7 Å². The van der Waals surface area contributed by atoms with Gasteiger partial charge in [0.15, 0.2) is 0 Å². The molecule has 0 spiro atoms. The second-order valence-electron chi connectivity index (χ2n) is 8.01. The first-order chi connectivity index (χ1) is 15.0. The van der Waals surface area contributed by atoms with Gasteiger partial charge in [0.2, 0.25) is 5.91 Å². The van der Waals surface area contributed by atoms with E-state index < -0.39 is 0 Å². The van der Waals surface area contributed by atoms with Crippen LogP contribution in [0.25, 0.3) is 10.9 Å². The maximum absolute atomic E-state index is 13.3. The highest BCUT2D eigenvalue weighted by Crippen LogP contribution is 2.42. The lowest BCUT2D eigenvalue weighted by Crippen LogP contribution is -2.42.